The number of aryl methyl sites for hydroxylation is 3. The van der Waals surface area contributed by atoms with E-state index in [0.29, 0.717) is 24.0 Å². The lowest BCUT2D eigenvalue weighted by Gasteiger charge is -2.35. The Morgan fingerprint density at radius 1 is 1.03 bits per heavy atom. The monoisotopic (exact) mass is 437 g/mol. The summed E-state index contributed by atoms with van der Waals surface area (Å²) < 4.78 is 25.1. The first-order valence-electron chi connectivity index (χ1n) is 10.4. The molecule has 0 aromatic heterocycles. The first-order valence-corrected chi connectivity index (χ1v) is 12.2. The third kappa shape index (κ3) is 3.92. The van der Waals surface area contributed by atoms with Crippen molar-refractivity contribution < 1.29 is 18.3 Å². The summed E-state index contributed by atoms with van der Waals surface area (Å²) in [6, 6.07) is 10.8. The maximum atomic E-state index is 13.5. The van der Waals surface area contributed by atoms with Gasteiger partial charge in [-0.05, 0) is 67.5 Å². The van der Waals surface area contributed by atoms with Crippen LogP contribution in [0.4, 0.5) is 0 Å². The Bertz CT molecular complexity index is 1230. The lowest BCUT2D eigenvalue weighted by atomic mass is 9.73. The molecular weight excluding hydrogens is 410 g/mol. The van der Waals surface area contributed by atoms with Crippen LogP contribution in [0, 0.1) is 20.8 Å². The number of nitrogens with one attached hydrogen (secondary N) is 1. The van der Waals surface area contributed by atoms with Gasteiger partial charge in [0, 0.05) is 30.1 Å². The van der Waals surface area contributed by atoms with Gasteiger partial charge in [0.15, 0.2) is 15.6 Å². The van der Waals surface area contributed by atoms with Gasteiger partial charge >= 0.3 is 0 Å². The zero-order valence-corrected chi connectivity index (χ0v) is 19.0. The second-order valence-corrected chi connectivity index (χ2v) is 10.7. The van der Waals surface area contributed by atoms with E-state index in [4.69, 9.17) is 0 Å². The van der Waals surface area contributed by atoms with Crippen LogP contribution in [0.25, 0.3) is 0 Å². The molecule has 0 bridgehead atoms. The molecule has 2 aromatic rings. The molecule has 1 heterocycles. The Hall–Kier alpha value is -2.86. The molecule has 1 aliphatic heterocycles. The SMILES string of the molecule is Cc1cc(C)c(C2CC(=O)C3=C(C2)NC=C(S(C)(=O)=O)C3c2cccc(O)c2)c(C)c1. The van der Waals surface area contributed by atoms with Gasteiger partial charge in [-0.1, -0.05) is 29.8 Å². The standard InChI is InChI=1S/C25H27NO4S/c1-14-8-15(2)23(16(3)9-14)18-11-20-25(21(28)12-18)24(17-6-5-7-19(27)10-17)22(13-26-20)31(4,29)30/h5-10,13,18,24,26-27H,11-12H2,1-4H3. The molecule has 2 aliphatic rings. The number of dihydropyridines is 1. The van der Waals surface area contributed by atoms with Crippen LogP contribution in [0.15, 0.2) is 58.8 Å². The van der Waals surface area contributed by atoms with Gasteiger partial charge < -0.3 is 10.4 Å². The highest BCUT2D eigenvalue weighted by atomic mass is 32.2. The third-order valence-electron chi connectivity index (χ3n) is 6.25. The molecule has 2 N–H and O–H groups in total. The highest BCUT2D eigenvalue weighted by Gasteiger charge is 2.40. The largest absolute Gasteiger partial charge is 0.508 e. The van der Waals surface area contributed by atoms with E-state index in [1.165, 1.54) is 40.6 Å². The van der Waals surface area contributed by atoms with E-state index in [1.807, 2.05) is 0 Å². The van der Waals surface area contributed by atoms with Gasteiger partial charge in [0.05, 0.1) is 10.8 Å². The first kappa shape index (κ1) is 21.4. The van der Waals surface area contributed by atoms with Crippen molar-refractivity contribution in [2.24, 2.45) is 0 Å². The lowest BCUT2D eigenvalue weighted by Crippen LogP contribution is -2.33. The molecule has 0 radical (unpaired) electrons. The molecule has 162 valence electrons. The van der Waals surface area contributed by atoms with Crippen molar-refractivity contribution >= 4 is 15.6 Å². The molecule has 0 amide bonds. The van der Waals surface area contributed by atoms with Crippen molar-refractivity contribution in [3.63, 3.8) is 0 Å². The number of Topliss-reactive ketones (excluding diaryl/α,β-unsaturated/α-hetero) is 1. The second kappa shape index (κ2) is 7.68. The maximum absolute atomic E-state index is 13.5. The van der Waals surface area contributed by atoms with Crippen molar-refractivity contribution in [3.8, 4) is 5.75 Å². The summed E-state index contributed by atoms with van der Waals surface area (Å²) in [6.45, 7) is 6.22. The van der Waals surface area contributed by atoms with Gasteiger partial charge in [0.1, 0.15) is 5.75 Å². The van der Waals surface area contributed by atoms with Crippen LogP contribution in [0.3, 0.4) is 0 Å². The Morgan fingerprint density at radius 2 is 1.71 bits per heavy atom. The molecule has 5 nitrogen and oxygen atoms in total. The molecule has 2 aromatic carbocycles. The fraction of sp³-hybridized carbons (Fsp3) is 0.320. The predicted octanol–water partition coefficient (Wildman–Crippen LogP) is 4.29. The van der Waals surface area contributed by atoms with Crippen molar-refractivity contribution in [1.29, 1.82) is 0 Å². The van der Waals surface area contributed by atoms with E-state index >= 15 is 0 Å². The topological polar surface area (TPSA) is 83.5 Å². The summed E-state index contributed by atoms with van der Waals surface area (Å²) in [5, 5.41) is 13.1. The van der Waals surface area contributed by atoms with E-state index in [0.717, 1.165) is 12.0 Å². The maximum Gasteiger partial charge on any atom is 0.174 e. The summed E-state index contributed by atoms with van der Waals surface area (Å²) in [5.41, 5.74) is 6.59. The van der Waals surface area contributed by atoms with E-state index in [1.54, 1.807) is 12.1 Å². The molecule has 0 saturated heterocycles. The quantitative estimate of drug-likeness (QED) is 0.748. The zero-order valence-electron chi connectivity index (χ0n) is 18.2. The molecule has 0 spiro atoms. The Labute approximate surface area is 183 Å². The van der Waals surface area contributed by atoms with Crippen LogP contribution in [-0.4, -0.2) is 25.6 Å². The van der Waals surface area contributed by atoms with E-state index in [9.17, 15) is 18.3 Å². The number of phenolic OH excluding ortho intramolecular Hbond substituents is 1. The number of carbonyl (C=O) groups excluding carboxylic acids is 1. The van der Waals surface area contributed by atoms with Crippen molar-refractivity contribution in [2.45, 2.75) is 45.4 Å². The summed E-state index contributed by atoms with van der Waals surface area (Å²) in [7, 11) is -3.56. The number of phenols is 1. The van der Waals surface area contributed by atoms with E-state index in [-0.39, 0.29) is 22.4 Å². The fourth-order valence-corrected chi connectivity index (χ4v) is 6.14. The van der Waals surface area contributed by atoms with Crippen LogP contribution in [0.1, 0.15) is 52.5 Å². The van der Waals surface area contributed by atoms with Crippen LogP contribution in [-0.2, 0) is 14.6 Å². The highest BCUT2D eigenvalue weighted by molar-refractivity contribution is 7.94. The van der Waals surface area contributed by atoms with E-state index < -0.39 is 15.8 Å². The van der Waals surface area contributed by atoms with Crippen LogP contribution < -0.4 is 5.32 Å². The normalized spacial score (nSPS) is 21.4. The first-order chi connectivity index (χ1) is 14.6. The third-order valence-corrected chi connectivity index (χ3v) is 7.46. The minimum atomic E-state index is -3.56. The molecule has 2 unspecified atom stereocenters. The van der Waals surface area contributed by atoms with Crippen molar-refractivity contribution in [3.05, 3.63) is 86.6 Å². The number of aromatic hydroxyl groups is 1. The van der Waals surface area contributed by atoms with Gasteiger partial charge in [0.25, 0.3) is 0 Å². The van der Waals surface area contributed by atoms with Crippen LogP contribution in [0.5, 0.6) is 5.75 Å². The van der Waals surface area contributed by atoms with Gasteiger partial charge in [-0.25, -0.2) is 8.42 Å². The number of sulfone groups is 1. The highest BCUT2D eigenvalue weighted by Crippen LogP contribution is 2.46. The number of hydrogen-bond donors (Lipinski definition) is 2. The van der Waals surface area contributed by atoms with Gasteiger partial charge in [-0.3, -0.25) is 4.79 Å². The number of allylic oxidation sites excluding steroid dienone is 3. The number of ketones is 1. The molecule has 1 aliphatic carbocycles. The van der Waals surface area contributed by atoms with Crippen molar-refractivity contribution in [1.82, 2.24) is 5.32 Å². The van der Waals surface area contributed by atoms with Gasteiger partial charge in [-0.2, -0.15) is 0 Å². The lowest BCUT2D eigenvalue weighted by molar-refractivity contribution is -0.116. The molecule has 2 atom stereocenters. The van der Waals surface area contributed by atoms with Crippen LogP contribution in [0.2, 0.25) is 0 Å². The Balaban J connectivity index is 1.82. The van der Waals surface area contributed by atoms with Crippen LogP contribution >= 0.6 is 0 Å². The summed E-state index contributed by atoms with van der Waals surface area (Å²) >= 11 is 0. The Kier molecular flexibility index (Phi) is 5.30. The number of benzene rings is 2. The van der Waals surface area contributed by atoms with E-state index in [2.05, 4.69) is 38.2 Å². The second-order valence-electron chi connectivity index (χ2n) is 8.72. The average molecular weight is 438 g/mol. The van der Waals surface area contributed by atoms with Gasteiger partial charge in [0.2, 0.25) is 0 Å². The number of rotatable bonds is 3. The minimum absolute atomic E-state index is 0.0392. The van der Waals surface area contributed by atoms with Crippen molar-refractivity contribution in [2.75, 3.05) is 6.26 Å². The molecule has 6 heteroatoms. The zero-order chi connectivity index (χ0) is 22.5. The molecule has 31 heavy (non-hydrogen) atoms. The fourth-order valence-electron chi connectivity index (χ4n) is 5.18. The molecular formula is C25H27NO4S. The number of carbonyl (C=O) groups is 1. The van der Waals surface area contributed by atoms with Gasteiger partial charge in [-0.15, -0.1) is 0 Å². The Morgan fingerprint density at radius 3 is 2.32 bits per heavy atom. The molecule has 0 fully saturated rings. The average Bonchev–Trinajstić information content (AvgIpc) is 2.65. The summed E-state index contributed by atoms with van der Waals surface area (Å²) in [6.07, 6.45) is 3.62. The predicted molar refractivity (Wildman–Crippen MR) is 122 cm³/mol. The molecule has 4 rings (SSSR count). The summed E-state index contributed by atoms with van der Waals surface area (Å²) in [5.74, 6) is -0.692. The minimum Gasteiger partial charge on any atom is -0.508 e. The number of hydrogen-bond acceptors (Lipinski definition) is 5. The molecule has 0 saturated carbocycles. The smallest absolute Gasteiger partial charge is 0.174 e. The summed E-state index contributed by atoms with van der Waals surface area (Å²) in [4.78, 5) is 13.6.